The highest BCUT2D eigenvalue weighted by Gasteiger charge is 2.27. The molecule has 1 aromatic rings. The van der Waals surface area contributed by atoms with Gasteiger partial charge in [0.05, 0.1) is 6.04 Å². The predicted octanol–water partition coefficient (Wildman–Crippen LogP) is 1.82. The smallest absolute Gasteiger partial charge is 0.234 e. The first-order valence-electron chi connectivity index (χ1n) is 7.47. The minimum atomic E-state index is -0.239. The number of nitrogens with two attached hydrogens (primary N) is 1. The van der Waals surface area contributed by atoms with Crippen LogP contribution in [0.4, 0.5) is 5.69 Å². The van der Waals surface area contributed by atoms with E-state index in [2.05, 4.69) is 48.3 Å². The van der Waals surface area contributed by atoms with E-state index in [1.165, 1.54) is 24.1 Å². The molecule has 2 rings (SSSR count). The second-order valence-corrected chi connectivity index (χ2v) is 5.60. The first-order valence-corrected chi connectivity index (χ1v) is 7.47. The van der Waals surface area contributed by atoms with Crippen molar-refractivity contribution in [2.24, 2.45) is 5.73 Å². The Hall–Kier alpha value is -1.55. The fraction of sp³-hybridized carbons (Fsp3) is 0.562. The van der Waals surface area contributed by atoms with Gasteiger partial charge in [0.25, 0.3) is 0 Å². The molecule has 0 aromatic heterocycles. The van der Waals surface area contributed by atoms with Crippen molar-refractivity contribution in [2.75, 3.05) is 18.0 Å². The molecule has 0 heterocycles. The summed E-state index contributed by atoms with van der Waals surface area (Å²) >= 11 is 0. The van der Waals surface area contributed by atoms with E-state index in [4.69, 9.17) is 5.73 Å². The molecule has 3 N–H and O–H groups in total. The highest BCUT2D eigenvalue weighted by molar-refractivity contribution is 5.80. The number of rotatable bonds is 8. The van der Waals surface area contributed by atoms with Crippen molar-refractivity contribution in [3.05, 3.63) is 29.8 Å². The van der Waals surface area contributed by atoms with Crippen LogP contribution in [-0.4, -0.2) is 31.1 Å². The molecule has 4 nitrogen and oxygen atoms in total. The largest absolute Gasteiger partial charge is 0.372 e. The molecule has 1 amide bonds. The molecule has 110 valence electrons. The maximum atomic E-state index is 11.5. The van der Waals surface area contributed by atoms with Crippen LogP contribution in [0.25, 0.3) is 0 Å². The molecular weight excluding hydrogens is 250 g/mol. The Bertz CT molecular complexity index is 440. The first-order chi connectivity index (χ1) is 9.60. The zero-order chi connectivity index (χ0) is 14.5. The van der Waals surface area contributed by atoms with E-state index in [-0.39, 0.29) is 11.9 Å². The Morgan fingerprint density at radius 1 is 1.40 bits per heavy atom. The third-order valence-electron chi connectivity index (χ3n) is 3.83. The van der Waals surface area contributed by atoms with E-state index in [1.54, 1.807) is 0 Å². The van der Waals surface area contributed by atoms with Gasteiger partial charge in [-0.1, -0.05) is 17.7 Å². The lowest BCUT2D eigenvalue weighted by Gasteiger charge is -2.25. The normalized spacial score (nSPS) is 15.9. The summed E-state index contributed by atoms with van der Waals surface area (Å²) in [6.45, 7) is 5.99. The molecule has 20 heavy (non-hydrogen) atoms. The van der Waals surface area contributed by atoms with E-state index in [0.717, 1.165) is 19.5 Å². The van der Waals surface area contributed by atoms with Crippen LogP contribution in [0.1, 0.15) is 31.7 Å². The van der Waals surface area contributed by atoms with Gasteiger partial charge in [0, 0.05) is 24.8 Å². The second-order valence-electron chi connectivity index (χ2n) is 5.60. The summed E-state index contributed by atoms with van der Waals surface area (Å²) < 4.78 is 0. The van der Waals surface area contributed by atoms with Crippen molar-refractivity contribution in [3.8, 4) is 0 Å². The molecule has 1 aliphatic rings. The summed E-state index contributed by atoms with van der Waals surface area (Å²) in [6.07, 6.45) is 3.09. The van der Waals surface area contributed by atoms with Crippen LogP contribution in [0.2, 0.25) is 0 Å². The van der Waals surface area contributed by atoms with Gasteiger partial charge in [0.15, 0.2) is 0 Å². The fourth-order valence-electron chi connectivity index (χ4n) is 2.35. The molecule has 1 fully saturated rings. The average Bonchev–Trinajstić information content (AvgIpc) is 3.23. The number of aryl methyl sites for hydroxylation is 1. The summed E-state index contributed by atoms with van der Waals surface area (Å²) in [6, 6.07) is 8.79. The predicted molar refractivity (Wildman–Crippen MR) is 82.8 cm³/mol. The van der Waals surface area contributed by atoms with Crippen molar-refractivity contribution < 1.29 is 4.79 Å². The molecule has 1 aromatic carbocycles. The van der Waals surface area contributed by atoms with E-state index in [1.807, 2.05) is 0 Å². The van der Waals surface area contributed by atoms with Gasteiger partial charge in [-0.15, -0.1) is 0 Å². The number of amides is 1. The van der Waals surface area contributed by atoms with Crippen LogP contribution in [0.5, 0.6) is 0 Å². The van der Waals surface area contributed by atoms with Crippen LogP contribution in [-0.2, 0) is 4.79 Å². The molecule has 0 saturated heterocycles. The molecule has 4 heteroatoms. The van der Waals surface area contributed by atoms with Crippen LogP contribution < -0.4 is 16.0 Å². The van der Waals surface area contributed by atoms with Gasteiger partial charge in [-0.25, -0.2) is 0 Å². The van der Waals surface area contributed by atoms with Crippen LogP contribution >= 0.6 is 0 Å². The topological polar surface area (TPSA) is 58.4 Å². The summed E-state index contributed by atoms with van der Waals surface area (Å²) in [5.41, 5.74) is 7.94. The number of carbonyl (C=O) groups is 1. The molecule has 1 aliphatic carbocycles. The second kappa shape index (κ2) is 6.75. The third-order valence-corrected chi connectivity index (χ3v) is 3.83. The number of hydrogen-bond donors (Lipinski definition) is 2. The highest BCUT2D eigenvalue weighted by atomic mass is 16.1. The molecule has 1 atom stereocenters. The number of nitrogens with one attached hydrogen (secondary N) is 1. The number of anilines is 1. The van der Waals surface area contributed by atoms with Gasteiger partial charge in [-0.05, 0) is 45.2 Å². The standard InChI is InChI=1S/C16H25N3O/c1-3-19(14-8-4-12(2)5-9-14)11-10-15(16(17)20)18-13-6-7-13/h4-5,8-9,13,15,18H,3,6-7,10-11H2,1-2H3,(H2,17,20). The van der Waals surface area contributed by atoms with Gasteiger partial charge < -0.3 is 16.0 Å². The molecule has 1 saturated carbocycles. The molecule has 0 aliphatic heterocycles. The van der Waals surface area contributed by atoms with Crippen molar-refractivity contribution in [2.45, 2.75) is 45.2 Å². The summed E-state index contributed by atoms with van der Waals surface area (Å²) in [7, 11) is 0. The molecule has 0 radical (unpaired) electrons. The van der Waals surface area contributed by atoms with E-state index in [9.17, 15) is 4.79 Å². The number of benzene rings is 1. The third kappa shape index (κ3) is 4.23. The van der Waals surface area contributed by atoms with Gasteiger partial charge >= 0.3 is 0 Å². The maximum absolute atomic E-state index is 11.5. The number of primary amides is 1. The monoisotopic (exact) mass is 275 g/mol. The van der Waals surface area contributed by atoms with Gasteiger partial charge in [-0.3, -0.25) is 4.79 Å². The van der Waals surface area contributed by atoms with E-state index < -0.39 is 0 Å². The van der Waals surface area contributed by atoms with Crippen molar-refractivity contribution in [1.29, 1.82) is 0 Å². The Morgan fingerprint density at radius 2 is 2.05 bits per heavy atom. The molecule has 0 bridgehead atoms. The quantitative estimate of drug-likeness (QED) is 0.761. The van der Waals surface area contributed by atoms with Crippen LogP contribution in [0.15, 0.2) is 24.3 Å². The van der Waals surface area contributed by atoms with Crippen molar-refractivity contribution in [1.82, 2.24) is 5.32 Å². The maximum Gasteiger partial charge on any atom is 0.234 e. The fourth-order valence-corrected chi connectivity index (χ4v) is 2.35. The van der Waals surface area contributed by atoms with Gasteiger partial charge in [-0.2, -0.15) is 0 Å². The molecule has 0 spiro atoms. The molecule has 1 unspecified atom stereocenters. The number of nitrogens with zero attached hydrogens (tertiary/aromatic N) is 1. The summed E-state index contributed by atoms with van der Waals surface area (Å²) in [5.74, 6) is -0.239. The average molecular weight is 275 g/mol. The lowest BCUT2D eigenvalue weighted by atomic mass is 10.1. The summed E-state index contributed by atoms with van der Waals surface area (Å²) in [4.78, 5) is 13.8. The Morgan fingerprint density at radius 3 is 2.55 bits per heavy atom. The minimum Gasteiger partial charge on any atom is -0.372 e. The van der Waals surface area contributed by atoms with Gasteiger partial charge in [0.2, 0.25) is 5.91 Å². The SMILES string of the molecule is CCN(CCC(NC1CC1)C(N)=O)c1ccc(C)cc1. The highest BCUT2D eigenvalue weighted by Crippen LogP contribution is 2.20. The minimum absolute atomic E-state index is 0.206. The molecular formula is C16H25N3O. The van der Waals surface area contributed by atoms with Crippen molar-refractivity contribution in [3.63, 3.8) is 0 Å². The van der Waals surface area contributed by atoms with E-state index >= 15 is 0 Å². The number of hydrogen-bond acceptors (Lipinski definition) is 3. The lowest BCUT2D eigenvalue weighted by molar-refractivity contribution is -0.120. The summed E-state index contributed by atoms with van der Waals surface area (Å²) in [5, 5.41) is 3.33. The van der Waals surface area contributed by atoms with Crippen LogP contribution in [0.3, 0.4) is 0 Å². The Balaban J connectivity index is 1.91. The zero-order valence-corrected chi connectivity index (χ0v) is 12.4. The Labute approximate surface area is 121 Å². The van der Waals surface area contributed by atoms with E-state index in [0.29, 0.717) is 6.04 Å². The Kier molecular flexibility index (Phi) is 5.01. The lowest BCUT2D eigenvalue weighted by Crippen LogP contribution is -2.44. The number of carbonyl (C=O) groups excluding carboxylic acids is 1. The van der Waals surface area contributed by atoms with Crippen molar-refractivity contribution >= 4 is 11.6 Å². The zero-order valence-electron chi connectivity index (χ0n) is 12.4. The first kappa shape index (κ1) is 14.9. The van der Waals surface area contributed by atoms with Gasteiger partial charge in [0.1, 0.15) is 0 Å². The van der Waals surface area contributed by atoms with Crippen LogP contribution in [0, 0.1) is 6.92 Å².